The quantitative estimate of drug-likeness (QED) is 0.839. The van der Waals surface area contributed by atoms with Crippen LogP contribution in [0.25, 0.3) is 0 Å². The SMILES string of the molecule is CCc1nc(C2CCCN(C(=O)c3ccc(N(C)C)nn3)C2)no1. The maximum Gasteiger partial charge on any atom is 0.274 e. The third-order valence-electron chi connectivity index (χ3n) is 4.19. The molecule has 2 aromatic rings. The smallest absolute Gasteiger partial charge is 0.274 e. The van der Waals surface area contributed by atoms with Gasteiger partial charge in [-0.1, -0.05) is 12.1 Å². The van der Waals surface area contributed by atoms with E-state index in [1.807, 2.05) is 25.9 Å². The molecule has 0 radical (unpaired) electrons. The van der Waals surface area contributed by atoms with Crippen molar-refractivity contribution in [2.24, 2.45) is 0 Å². The summed E-state index contributed by atoms with van der Waals surface area (Å²) in [5.74, 6) is 2.07. The molecular formula is C16H22N6O2. The van der Waals surface area contributed by atoms with Crippen LogP contribution >= 0.6 is 0 Å². The first kappa shape index (κ1) is 16.4. The summed E-state index contributed by atoms with van der Waals surface area (Å²) in [7, 11) is 3.77. The molecule has 0 bridgehead atoms. The Bertz CT molecular complexity index is 697. The molecular weight excluding hydrogens is 308 g/mol. The predicted molar refractivity (Wildman–Crippen MR) is 87.9 cm³/mol. The van der Waals surface area contributed by atoms with Crippen molar-refractivity contribution in [1.82, 2.24) is 25.2 Å². The van der Waals surface area contributed by atoms with Crippen LogP contribution in [-0.4, -0.2) is 58.3 Å². The third-order valence-corrected chi connectivity index (χ3v) is 4.19. The molecule has 8 nitrogen and oxygen atoms in total. The fourth-order valence-corrected chi connectivity index (χ4v) is 2.79. The number of rotatable bonds is 4. The summed E-state index contributed by atoms with van der Waals surface area (Å²) in [5, 5.41) is 12.2. The van der Waals surface area contributed by atoms with E-state index in [1.54, 1.807) is 17.0 Å². The molecule has 2 aromatic heterocycles. The van der Waals surface area contributed by atoms with Crippen LogP contribution in [-0.2, 0) is 6.42 Å². The maximum atomic E-state index is 12.7. The van der Waals surface area contributed by atoms with E-state index in [9.17, 15) is 4.79 Å². The number of carbonyl (C=O) groups excluding carboxylic acids is 1. The molecule has 0 aliphatic carbocycles. The van der Waals surface area contributed by atoms with Crippen LogP contribution in [0.1, 0.15) is 47.9 Å². The molecule has 0 N–H and O–H groups in total. The molecule has 0 spiro atoms. The number of amides is 1. The maximum absolute atomic E-state index is 12.7. The van der Waals surface area contributed by atoms with Crippen LogP contribution in [0.2, 0.25) is 0 Å². The normalized spacial score (nSPS) is 17.8. The molecule has 128 valence electrons. The summed E-state index contributed by atoms with van der Waals surface area (Å²) in [6.45, 7) is 3.27. The van der Waals surface area contributed by atoms with Gasteiger partial charge in [0.1, 0.15) is 0 Å². The first-order valence-corrected chi connectivity index (χ1v) is 8.21. The molecule has 1 fully saturated rings. The number of nitrogens with zero attached hydrogens (tertiary/aromatic N) is 6. The van der Waals surface area contributed by atoms with E-state index in [-0.39, 0.29) is 11.8 Å². The van der Waals surface area contributed by atoms with E-state index in [0.717, 1.165) is 25.1 Å². The lowest BCUT2D eigenvalue weighted by molar-refractivity contribution is 0.0696. The van der Waals surface area contributed by atoms with Gasteiger partial charge < -0.3 is 14.3 Å². The van der Waals surface area contributed by atoms with Crippen molar-refractivity contribution < 1.29 is 9.32 Å². The van der Waals surface area contributed by atoms with Crippen LogP contribution in [0.15, 0.2) is 16.7 Å². The Morgan fingerprint density at radius 1 is 1.38 bits per heavy atom. The van der Waals surface area contributed by atoms with E-state index >= 15 is 0 Å². The van der Waals surface area contributed by atoms with E-state index in [0.29, 0.717) is 30.5 Å². The minimum atomic E-state index is -0.100. The Morgan fingerprint density at radius 2 is 2.21 bits per heavy atom. The Hall–Kier alpha value is -2.51. The average molecular weight is 330 g/mol. The number of anilines is 1. The Kier molecular flexibility index (Phi) is 4.73. The Labute approximate surface area is 140 Å². The van der Waals surface area contributed by atoms with Crippen LogP contribution < -0.4 is 4.90 Å². The molecule has 1 atom stereocenters. The van der Waals surface area contributed by atoms with Crippen molar-refractivity contribution in [3.8, 4) is 0 Å². The minimum Gasteiger partial charge on any atom is -0.361 e. The molecule has 1 saturated heterocycles. The fraction of sp³-hybridized carbons (Fsp3) is 0.562. The van der Waals surface area contributed by atoms with Crippen molar-refractivity contribution >= 4 is 11.7 Å². The zero-order valence-corrected chi connectivity index (χ0v) is 14.3. The topological polar surface area (TPSA) is 88.3 Å². The molecule has 8 heteroatoms. The van der Waals surface area contributed by atoms with Crippen LogP contribution in [0.4, 0.5) is 5.82 Å². The predicted octanol–water partition coefficient (Wildman–Crippen LogP) is 1.51. The van der Waals surface area contributed by atoms with E-state index in [2.05, 4.69) is 20.3 Å². The molecule has 0 aromatic carbocycles. The van der Waals surface area contributed by atoms with Gasteiger partial charge in [0.05, 0.1) is 0 Å². The van der Waals surface area contributed by atoms with Crippen molar-refractivity contribution in [2.45, 2.75) is 32.1 Å². The van der Waals surface area contributed by atoms with Gasteiger partial charge >= 0.3 is 0 Å². The summed E-state index contributed by atoms with van der Waals surface area (Å²) in [6, 6.07) is 3.52. The number of piperidine rings is 1. The second-order valence-corrected chi connectivity index (χ2v) is 6.16. The van der Waals surface area contributed by atoms with Crippen molar-refractivity contribution in [2.75, 3.05) is 32.1 Å². The van der Waals surface area contributed by atoms with E-state index < -0.39 is 0 Å². The highest BCUT2D eigenvalue weighted by Crippen LogP contribution is 2.25. The number of carbonyl (C=O) groups is 1. The van der Waals surface area contributed by atoms with Gasteiger partial charge in [-0.25, -0.2) is 0 Å². The van der Waals surface area contributed by atoms with E-state index in [1.165, 1.54) is 0 Å². The zero-order valence-electron chi connectivity index (χ0n) is 14.3. The average Bonchev–Trinajstić information content (AvgIpc) is 3.10. The second kappa shape index (κ2) is 6.94. The van der Waals surface area contributed by atoms with Crippen molar-refractivity contribution in [1.29, 1.82) is 0 Å². The summed E-state index contributed by atoms with van der Waals surface area (Å²) in [6.07, 6.45) is 2.59. The monoisotopic (exact) mass is 330 g/mol. The van der Waals surface area contributed by atoms with Gasteiger partial charge in [-0.05, 0) is 25.0 Å². The second-order valence-electron chi connectivity index (χ2n) is 6.16. The highest BCUT2D eigenvalue weighted by Gasteiger charge is 2.29. The van der Waals surface area contributed by atoms with Crippen molar-refractivity contribution in [3.05, 3.63) is 29.5 Å². The number of aromatic nitrogens is 4. The molecule has 1 aliphatic heterocycles. The third kappa shape index (κ3) is 3.37. The molecule has 1 unspecified atom stereocenters. The number of likely N-dealkylation sites (tertiary alicyclic amines) is 1. The highest BCUT2D eigenvalue weighted by molar-refractivity contribution is 5.92. The van der Waals surface area contributed by atoms with Crippen LogP contribution in [0, 0.1) is 0 Å². The van der Waals surface area contributed by atoms with Gasteiger partial charge in [0.15, 0.2) is 17.3 Å². The number of hydrogen-bond acceptors (Lipinski definition) is 7. The highest BCUT2D eigenvalue weighted by atomic mass is 16.5. The lowest BCUT2D eigenvalue weighted by Crippen LogP contribution is -2.39. The van der Waals surface area contributed by atoms with Gasteiger partial charge in [0.25, 0.3) is 5.91 Å². The van der Waals surface area contributed by atoms with Gasteiger partial charge in [0, 0.05) is 39.5 Å². The number of hydrogen-bond donors (Lipinski definition) is 0. The van der Waals surface area contributed by atoms with Gasteiger partial charge in [-0.2, -0.15) is 4.98 Å². The minimum absolute atomic E-state index is 0.100. The first-order valence-electron chi connectivity index (χ1n) is 8.21. The van der Waals surface area contributed by atoms with Gasteiger partial charge in [-0.15, -0.1) is 10.2 Å². The van der Waals surface area contributed by atoms with Gasteiger partial charge in [0.2, 0.25) is 5.89 Å². The molecule has 24 heavy (non-hydrogen) atoms. The first-order chi connectivity index (χ1) is 11.6. The summed E-state index contributed by atoms with van der Waals surface area (Å²) in [4.78, 5) is 20.7. The molecule has 3 rings (SSSR count). The standard InChI is InChI=1S/C16H22N6O2/c1-4-14-17-15(20-24-14)11-6-5-9-22(10-11)16(23)12-7-8-13(19-18-12)21(2)3/h7-8,11H,4-6,9-10H2,1-3H3. The summed E-state index contributed by atoms with van der Waals surface area (Å²) < 4.78 is 5.19. The van der Waals surface area contributed by atoms with Crippen LogP contribution in [0.5, 0.6) is 0 Å². The van der Waals surface area contributed by atoms with Crippen molar-refractivity contribution in [3.63, 3.8) is 0 Å². The van der Waals surface area contributed by atoms with E-state index in [4.69, 9.17) is 4.52 Å². The lowest BCUT2D eigenvalue weighted by Gasteiger charge is -2.30. The van der Waals surface area contributed by atoms with Gasteiger partial charge in [-0.3, -0.25) is 4.79 Å². The van der Waals surface area contributed by atoms with Crippen LogP contribution in [0.3, 0.4) is 0 Å². The molecule has 0 saturated carbocycles. The number of aryl methyl sites for hydroxylation is 1. The molecule has 1 aliphatic rings. The summed E-state index contributed by atoms with van der Waals surface area (Å²) in [5.41, 5.74) is 0.364. The lowest BCUT2D eigenvalue weighted by atomic mass is 9.97. The molecule has 3 heterocycles. The Morgan fingerprint density at radius 3 is 2.83 bits per heavy atom. The largest absolute Gasteiger partial charge is 0.361 e. The fourth-order valence-electron chi connectivity index (χ4n) is 2.79. The Balaban J connectivity index is 1.70. The summed E-state index contributed by atoms with van der Waals surface area (Å²) >= 11 is 0. The molecule has 1 amide bonds. The zero-order chi connectivity index (χ0) is 17.1.